The molecule has 0 radical (unpaired) electrons. The summed E-state index contributed by atoms with van der Waals surface area (Å²) in [5, 5.41) is 5.04. The molecule has 2 rings (SSSR count). The molecule has 0 saturated heterocycles. The Balaban J connectivity index is 1.93. The molecule has 25 heavy (non-hydrogen) atoms. The minimum Gasteiger partial charge on any atom is -0.382 e. The van der Waals surface area contributed by atoms with Crippen molar-refractivity contribution in [1.29, 1.82) is 0 Å². The average molecular weight is 361 g/mol. The number of nitrogens with zero attached hydrogens (tertiary/aromatic N) is 2. The number of carbonyl (C=O) groups excluding carboxylic acids is 2. The molecule has 0 saturated carbocycles. The van der Waals surface area contributed by atoms with Crippen LogP contribution >= 0.6 is 11.3 Å². The van der Waals surface area contributed by atoms with Crippen molar-refractivity contribution in [3.63, 3.8) is 0 Å². The summed E-state index contributed by atoms with van der Waals surface area (Å²) in [6, 6.07) is 9.53. The molecule has 1 aromatic carbocycles. The number of anilines is 1. The first-order valence-corrected chi connectivity index (χ1v) is 9.15. The van der Waals surface area contributed by atoms with E-state index in [4.69, 9.17) is 4.74 Å². The van der Waals surface area contributed by atoms with Gasteiger partial charge in [-0.1, -0.05) is 30.3 Å². The van der Waals surface area contributed by atoms with Gasteiger partial charge in [0.25, 0.3) is 0 Å². The van der Waals surface area contributed by atoms with E-state index in [2.05, 4.69) is 10.3 Å². The van der Waals surface area contributed by atoms with E-state index in [1.807, 2.05) is 37.3 Å². The number of benzene rings is 1. The normalized spacial score (nSPS) is 10.4. The fourth-order valence-corrected chi connectivity index (χ4v) is 2.84. The highest BCUT2D eigenvalue weighted by molar-refractivity contribution is 7.13. The molecule has 0 aliphatic carbocycles. The third kappa shape index (κ3) is 7.03. The van der Waals surface area contributed by atoms with E-state index in [0.717, 1.165) is 5.56 Å². The third-order valence-corrected chi connectivity index (χ3v) is 4.17. The molecule has 134 valence electrons. The van der Waals surface area contributed by atoms with Gasteiger partial charge in [0, 0.05) is 31.3 Å². The Morgan fingerprint density at radius 1 is 1.28 bits per heavy atom. The van der Waals surface area contributed by atoms with Gasteiger partial charge in [-0.05, 0) is 18.9 Å². The first-order chi connectivity index (χ1) is 12.2. The summed E-state index contributed by atoms with van der Waals surface area (Å²) in [4.78, 5) is 30.4. The molecule has 0 fully saturated rings. The Kier molecular flexibility index (Phi) is 8.08. The summed E-state index contributed by atoms with van der Waals surface area (Å²) < 4.78 is 5.33. The Morgan fingerprint density at radius 3 is 2.76 bits per heavy atom. The van der Waals surface area contributed by atoms with Crippen LogP contribution in [0.15, 0.2) is 41.9 Å². The van der Waals surface area contributed by atoms with Crippen LogP contribution in [0.2, 0.25) is 0 Å². The maximum atomic E-state index is 12.6. The molecule has 0 bridgehead atoms. The maximum absolute atomic E-state index is 12.6. The largest absolute Gasteiger partial charge is 0.382 e. The zero-order chi connectivity index (χ0) is 17.9. The van der Waals surface area contributed by atoms with Gasteiger partial charge in [-0.3, -0.25) is 9.59 Å². The highest BCUT2D eigenvalue weighted by Crippen LogP contribution is 2.10. The predicted octanol–water partition coefficient (Wildman–Crippen LogP) is 2.58. The molecule has 2 aromatic rings. The Morgan fingerprint density at radius 2 is 2.08 bits per heavy atom. The topological polar surface area (TPSA) is 71.5 Å². The Bertz CT molecular complexity index is 647. The van der Waals surface area contributed by atoms with Crippen molar-refractivity contribution in [2.75, 3.05) is 31.6 Å². The molecule has 0 atom stereocenters. The number of ether oxygens (including phenoxy) is 1. The minimum absolute atomic E-state index is 0.0113. The van der Waals surface area contributed by atoms with Crippen molar-refractivity contribution < 1.29 is 14.3 Å². The number of nitrogens with one attached hydrogen (secondary N) is 1. The molecule has 1 aromatic heterocycles. The molecule has 6 nitrogen and oxygen atoms in total. The van der Waals surface area contributed by atoms with Crippen molar-refractivity contribution in [3.05, 3.63) is 47.5 Å². The van der Waals surface area contributed by atoms with E-state index in [0.29, 0.717) is 31.3 Å². The zero-order valence-electron chi connectivity index (χ0n) is 14.3. The van der Waals surface area contributed by atoms with Gasteiger partial charge < -0.3 is 15.0 Å². The monoisotopic (exact) mass is 361 g/mol. The fraction of sp³-hybridized carbons (Fsp3) is 0.389. The maximum Gasteiger partial charge on any atom is 0.245 e. The molecule has 0 spiro atoms. The number of hydrogen-bond donors (Lipinski definition) is 1. The van der Waals surface area contributed by atoms with Crippen molar-refractivity contribution in [2.45, 2.75) is 19.8 Å². The third-order valence-electron chi connectivity index (χ3n) is 3.48. The van der Waals surface area contributed by atoms with Gasteiger partial charge in [0.15, 0.2) is 5.13 Å². The lowest BCUT2D eigenvalue weighted by Gasteiger charge is -2.22. The number of rotatable bonds is 10. The quantitative estimate of drug-likeness (QED) is 0.660. The summed E-state index contributed by atoms with van der Waals surface area (Å²) in [6.45, 7) is 3.64. The number of aromatic nitrogens is 1. The zero-order valence-corrected chi connectivity index (χ0v) is 15.1. The van der Waals surface area contributed by atoms with Crippen molar-refractivity contribution >= 4 is 28.3 Å². The van der Waals surface area contributed by atoms with E-state index < -0.39 is 0 Å². The second-order valence-corrected chi connectivity index (χ2v) is 6.31. The highest BCUT2D eigenvalue weighted by atomic mass is 32.1. The highest BCUT2D eigenvalue weighted by Gasteiger charge is 2.18. The molecule has 2 amide bonds. The average Bonchev–Trinajstić information content (AvgIpc) is 3.11. The van der Waals surface area contributed by atoms with Gasteiger partial charge in [0.05, 0.1) is 13.0 Å². The standard InChI is InChI=1S/C18H23N3O3S/c1-2-24-11-6-10-21(14-16(22)20-18-19-9-12-25-18)17(23)13-15-7-4-3-5-8-15/h3-5,7-9,12H,2,6,10-11,13-14H2,1H3,(H,19,20,22). The van der Waals surface area contributed by atoms with Crippen LogP contribution < -0.4 is 5.32 Å². The summed E-state index contributed by atoms with van der Waals surface area (Å²) in [5.41, 5.74) is 0.933. The fourth-order valence-electron chi connectivity index (χ4n) is 2.29. The lowest BCUT2D eigenvalue weighted by molar-refractivity contribution is -0.134. The van der Waals surface area contributed by atoms with Crippen molar-refractivity contribution in [3.8, 4) is 0 Å². The van der Waals surface area contributed by atoms with E-state index in [1.165, 1.54) is 11.3 Å². The van der Waals surface area contributed by atoms with Crippen LogP contribution in [0.3, 0.4) is 0 Å². The second kappa shape index (κ2) is 10.6. The number of hydrogen-bond acceptors (Lipinski definition) is 5. The first-order valence-electron chi connectivity index (χ1n) is 8.28. The van der Waals surface area contributed by atoms with Crippen LogP contribution in [0.25, 0.3) is 0 Å². The lowest BCUT2D eigenvalue weighted by atomic mass is 10.1. The van der Waals surface area contributed by atoms with Crippen LogP contribution in [0.4, 0.5) is 5.13 Å². The molecular formula is C18H23N3O3S. The van der Waals surface area contributed by atoms with Crippen molar-refractivity contribution in [2.24, 2.45) is 0 Å². The summed E-state index contributed by atoms with van der Waals surface area (Å²) in [6.07, 6.45) is 2.60. The SMILES string of the molecule is CCOCCCN(CC(=O)Nc1nccs1)C(=O)Cc1ccccc1. The van der Waals surface area contributed by atoms with E-state index >= 15 is 0 Å². The van der Waals surface area contributed by atoms with Gasteiger partial charge in [-0.2, -0.15) is 0 Å². The van der Waals surface area contributed by atoms with Crippen LogP contribution in [0, 0.1) is 0 Å². The van der Waals surface area contributed by atoms with E-state index in [9.17, 15) is 9.59 Å². The van der Waals surface area contributed by atoms with Gasteiger partial charge >= 0.3 is 0 Å². The van der Waals surface area contributed by atoms with E-state index in [-0.39, 0.29) is 24.8 Å². The van der Waals surface area contributed by atoms with Crippen molar-refractivity contribution in [1.82, 2.24) is 9.88 Å². The van der Waals surface area contributed by atoms with Gasteiger partial charge in [-0.25, -0.2) is 4.98 Å². The summed E-state index contributed by atoms with van der Waals surface area (Å²) >= 11 is 1.35. The van der Waals surface area contributed by atoms with Crippen LogP contribution in [0.5, 0.6) is 0 Å². The smallest absolute Gasteiger partial charge is 0.245 e. The molecule has 7 heteroatoms. The molecule has 0 aliphatic rings. The molecule has 0 aliphatic heterocycles. The molecule has 1 N–H and O–H groups in total. The van der Waals surface area contributed by atoms with E-state index in [1.54, 1.807) is 16.5 Å². The number of carbonyl (C=O) groups is 2. The number of thiazole rings is 1. The Hall–Kier alpha value is -2.25. The summed E-state index contributed by atoms with van der Waals surface area (Å²) in [7, 11) is 0. The van der Waals surface area contributed by atoms with Crippen LogP contribution in [-0.4, -0.2) is 48.0 Å². The second-order valence-electron chi connectivity index (χ2n) is 5.41. The molecule has 1 heterocycles. The minimum atomic E-state index is -0.243. The van der Waals surface area contributed by atoms with Crippen LogP contribution in [-0.2, 0) is 20.7 Å². The van der Waals surface area contributed by atoms with Gasteiger partial charge in [0.2, 0.25) is 11.8 Å². The summed E-state index contributed by atoms with van der Waals surface area (Å²) in [5.74, 6) is -0.315. The van der Waals surface area contributed by atoms with Gasteiger partial charge in [-0.15, -0.1) is 11.3 Å². The van der Waals surface area contributed by atoms with Gasteiger partial charge in [0.1, 0.15) is 0 Å². The Labute approximate surface area is 151 Å². The number of amides is 2. The van der Waals surface area contributed by atoms with Crippen LogP contribution in [0.1, 0.15) is 18.9 Å². The lowest BCUT2D eigenvalue weighted by Crippen LogP contribution is -2.39. The molecule has 0 unspecified atom stereocenters. The predicted molar refractivity (Wildman–Crippen MR) is 98.6 cm³/mol. The molecular weight excluding hydrogens is 338 g/mol. The first kappa shape index (κ1) is 19.1.